The maximum atomic E-state index is 13.2. The first-order valence-corrected chi connectivity index (χ1v) is 12.3. The van der Waals surface area contributed by atoms with Gasteiger partial charge < -0.3 is 9.64 Å². The van der Waals surface area contributed by atoms with Gasteiger partial charge in [-0.2, -0.15) is 16.1 Å². The number of likely N-dealkylation sites (N-methyl/N-ethyl adjacent to an activating group) is 1. The van der Waals surface area contributed by atoms with E-state index in [-0.39, 0.29) is 4.90 Å². The zero-order valence-electron chi connectivity index (χ0n) is 18.4. The highest BCUT2D eigenvalue weighted by atomic mass is 32.2. The summed E-state index contributed by atoms with van der Waals surface area (Å²) in [5, 5.41) is 8.75. The fraction of sp³-hybridized carbons (Fsp3) is 0.381. The number of carbonyl (C=O) groups is 1. The summed E-state index contributed by atoms with van der Waals surface area (Å²) >= 11 is 1.43. The number of nitrogens with one attached hydrogen (secondary N) is 1. The number of carbonyl (C=O) groups excluding carboxylic acids is 1. The van der Waals surface area contributed by atoms with Crippen LogP contribution in [0.5, 0.6) is 11.5 Å². The lowest BCUT2D eigenvalue weighted by Crippen LogP contribution is -2.51. The molecule has 2 aromatic rings. The lowest BCUT2D eigenvalue weighted by molar-refractivity contribution is -0.132. The molecule has 32 heavy (non-hydrogen) atoms. The van der Waals surface area contributed by atoms with Gasteiger partial charge in [-0.1, -0.05) is 6.92 Å². The van der Waals surface area contributed by atoms with E-state index in [0.29, 0.717) is 17.3 Å². The number of thioether (sulfide) groups is 1. The zero-order chi connectivity index (χ0) is 23.9. The number of nitrogens with zero attached hydrogens (tertiary/aromatic N) is 2. The van der Waals surface area contributed by atoms with Gasteiger partial charge in [0.05, 0.1) is 4.90 Å². The molecule has 2 rings (SSSR count). The molecule has 11 heteroatoms. The van der Waals surface area contributed by atoms with Crippen molar-refractivity contribution in [2.45, 2.75) is 23.1 Å². The Hall–Kier alpha value is -2.18. The highest BCUT2D eigenvalue weighted by Crippen LogP contribution is 2.27. The number of hydrogen-bond donors (Lipinski definition) is 2. The van der Waals surface area contributed by atoms with Gasteiger partial charge in [-0.15, -0.1) is 0 Å². The van der Waals surface area contributed by atoms with E-state index in [2.05, 4.69) is 0 Å². The molecule has 0 saturated heterocycles. The molecule has 0 aliphatic rings. The number of hydroxylamine groups is 1. The first-order valence-electron chi connectivity index (χ1n) is 9.78. The van der Waals surface area contributed by atoms with E-state index in [9.17, 15) is 17.6 Å². The van der Waals surface area contributed by atoms with Gasteiger partial charge in [-0.25, -0.2) is 18.3 Å². The monoisotopic (exact) mass is 485 g/mol. The summed E-state index contributed by atoms with van der Waals surface area (Å²) < 4.78 is 45.9. The van der Waals surface area contributed by atoms with Gasteiger partial charge in [0.25, 0.3) is 5.91 Å². The minimum absolute atomic E-state index is 0.0345. The predicted octanol–water partition coefficient (Wildman–Crippen LogP) is 2.80. The van der Waals surface area contributed by atoms with E-state index in [1.807, 2.05) is 19.0 Å². The third-order valence-electron chi connectivity index (χ3n) is 4.68. The average Bonchev–Trinajstić information content (AvgIpc) is 2.75. The van der Waals surface area contributed by atoms with Crippen LogP contribution in [0.1, 0.15) is 6.92 Å². The quantitative estimate of drug-likeness (QED) is 0.373. The third kappa shape index (κ3) is 6.91. The Labute approximate surface area is 192 Å². The van der Waals surface area contributed by atoms with Crippen molar-refractivity contribution in [1.82, 2.24) is 14.7 Å². The van der Waals surface area contributed by atoms with Gasteiger partial charge in [0.2, 0.25) is 10.0 Å². The molecule has 8 nitrogen and oxygen atoms in total. The Bertz CT molecular complexity index is 985. The summed E-state index contributed by atoms with van der Waals surface area (Å²) in [6.07, 6.45) is 0. The van der Waals surface area contributed by atoms with E-state index in [0.717, 1.165) is 10.8 Å². The second kappa shape index (κ2) is 11.6. The number of amides is 1. The molecule has 0 bridgehead atoms. The highest BCUT2D eigenvalue weighted by Gasteiger charge is 2.37. The Kier molecular flexibility index (Phi) is 9.47. The van der Waals surface area contributed by atoms with Crippen LogP contribution in [0.15, 0.2) is 53.4 Å². The molecule has 0 aliphatic heterocycles. The third-order valence-corrected chi connectivity index (χ3v) is 7.74. The normalized spacial score (nSPS) is 13.8. The van der Waals surface area contributed by atoms with Gasteiger partial charge in [-0.05, 0) is 62.6 Å². The van der Waals surface area contributed by atoms with Crippen molar-refractivity contribution in [3.63, 3.8) is 0 Å². The molecule has 0 heterocycles. The fourth-order valence-corrected chi connectivity index (χ4v) is 5.68. The SMILES string of the molecule is C[C@@H](SCCN(C)C)C(C(=O)NO)N(C)S(=O)(=O)c1ccc(Oc2ccc(F)cc2)cc1. The van der Waals surface area contributed by atoms with Crippen molar-refractivity contribution < 1.29 is 27.5 Å². The molecule has 2 aromatic carbocycles. The molecular weight excluding hydrogens is 457 g/mol. The maximum Gasteiger partial charge on any atom is 0.262 e. The smallest absolute Gasteiger partial charge is 0.262 e. The molecule has 0 fully saturated rings. The lowest BCUT2D eigenvalue weighted by atomic mass is 10.2. The Morgan fingerprint density at radius 1 is 1.09 bits per heavy atom. The Morgan fingerprint density at radius 2 is 1.62 bits per heavy atom. The number of sulfonamides is 1. The van der Waals surface area contributed by atoms with Crippen molar-refractivity contribution >= 4 is 27.7 Å². The number of benzene rings is 2. The van der Waals surface area contributed by atoms with Gasteiger partial charge in [0.1, 0.15) is 23.4 Å². The van der Waals surface area contributed by atoms with E-state index >= 15 is 0 Å². The second-order valence-electron chi connectivity index (χ2n) is 7.35. The lowest BCUT2D eigenvalue weighted by Gasteiger charge is -2.30. The van der Waals surface area contributed by atoms with Crippen LogP contribution in [0.2, 0.25) is 0 Å². The number of ether oxygens (including phenoxy) is 1. The van der Waals surface area contributed by atoms with Gasteiger partial charge in [-0.3, -0.25) is 10.0 Å². The number of halogens is 1. The van der Waals surface area contributed by atoms with Crippen molar-refractivity contribution in [3.05, 3.63) is 54.3 Å². The summed E-state index contributed by atoms with van der Waals surface area (Å²) in [4.78, 5) is 14.3. The van der Waals surface area contributed by atoms with E-state index in [4.69, 9.17) is 9.94 Å². The minimum atomic E-state index is -4.04. The van der Waals surface area contributed by atoms with Crippen LogP contribution >= 0.6 is 11.8 Å². The fourth-order valence-electron chi connectivity index (χ4n) is 2.89. The summed E-state index contributed by atoms with van der Waals surface area (Å²) in [6.45, 7) is 2.50. The summed E-state index contributed by atoms with van der Waals surface area (Å²) in [7, 11) is 1.10. The van der Waals surface area contributed by atoms with Crippen LogP contribution in [-0.2, 0) is 14.8 Å². The molecule has 176 valence electrons. The Morgan fingerprint density at radius 3 is 2.12 bits per heavy atom. The largest absolute Gasteiger partial charge is 0.457 e. The van der Waals surface area contributed by atoms with Crippen molar-refractivity contribution in [2.24, 2.45) is 0 Å². The molecule has 1 unspecified atom stereocenters. The number of rotatable bonds is 11. The van der Waals surface area contributed by atoms with Crippen LogP contribution in [-0.4, -0.2) is 73.5 Å². The van der Waals surface area contributed by atoms with Crippen molar-refractivity contribution in [3.8, 4) is 11.5 Å². The minimum Gasteiger partial charge on any atom is -0.457 e. The molecule has 0 aromatic heterocycles. The number of hydrogen-bond acceptors (Lipinski definition) is 7. The van der Waals surface area contributed by atoms with Crippen LogP contribution in [0.25, 0.3) is 0 Å². The van der Waals surface area contributed by atoms with Crippen LogP contribution in [0, 0.1) is 5.82 Å². The molecule has 1 amide bonds. The average molecular weight is 486 g/mol. The summed E-state index contributed by atoms with van der Waals surface area (Å²) in [5.41, 5.74) is 1.57. The second-order valence-corrected chi connectivity index (χ2v) is 10.8. The van der Waals surface area contributed by atoms with E-state index in [1.54, 1.807) is 12.4 Å². The predicted molar refractivity (Wildman–Crippen MR) is 122 cm³/mol. The zero-order valence-corrected chi connectivity index (χ0v) is 20.0. The molecule has 0 aliphatic carbocycles. The highest BCUT2D eigenvalue weighted by molar-refractivity contribution is 8.00. The van der Waals surface area contributed by atoms with Crippen LogP contribution in [0.4, 0.5) is 4.39 Å². The van der Waals surface area contributed by atoms with Crippen molar-refractivity contribution in [2.75, 3.05) is 33.4 Å². The topological polar surface area (TPSA) is 99.2 Å². The van der Waals surface area contributed by atoms with Gasteiger partial charge in [0.15, 0.2) is 0 Å². The maximum absolute atomic E-state index is 13.2. The molecule has 2 atom stereocenters. The molecule has 2 N–H and O–H groups in total. The van der Waals surface area contributed by atoms with Gasteiger partial charge in [0, 0.05) is 24.6 Å². The van der Waals surface area contributed by atoms with Crippen molar-refractivity contribution in [1.29, 1.82) is 0 Å². The first-order chi connectivity index (χ1) is 15.1. The van der Waals surface area contributed by atoms with E-state index in [1.165, 1.54) is 67.3 Å². The summed E-state index contributed by atoms with van der Waals surface area (Å²) in [5.74, 6) is 0.264. The molecule has 0 spiro atoms. The van der Waals surface area contributed by atoms with E-state index < -0.39 is 33.0 Å². The molecular formula is C21H28FN3O5S2. The van der Waals surface area contributed by atoms with Gasteiger partial charge >= 0.3 is 0 Å². The first kappa shape index (κ1) is 26.1. The molecule has 0 saturated carbocycles. The Balaban J connectivity index is 2.18. The summed E-state index contributed by atoms with van der Waals surface area (Å²) in [6, 6.07) is 9.99. The van der Waals surface area contributed by atoms with Crippen LogP contribution < -0.4 is 10.2 Å². The standard InChI is InChI=1S/C21H28FN3O5S2/c1-15(31-14-13-24(2)3)20(21(26)23-27)25(4)32(28,29)19-11-9-18(10-12-19)30-17-7-5-16(22)6-8-17/h5-12,15,20,27H,13-14H2,1-4H3,(H,23,26)/t15-,20?/m1/s1. The molecule has 0 radical (unpaired) electrons. The van der Waals surface area contributed by atoms with Crippen LogP contribution in [0.3, 0.4) is 0 Å².